The predicted octanol–water partition coefficient (Wildman–Crippen LogP) is 3.55. The molecule has 3 aromatic heterocycles. The van der Waals surface area contributed by atoms with Gasteiger partial charge in [0.2, 0.25) is 5.82 Å². The third kappa shape index (κ3) is 5.78. The Kier molecular flexibility index (Phi) is 7.38. The van der Waals surface area contributed by atoms with Crippen molar-refractivity contribution in [3.8, 4) is 16.8 Å². The van der Waals surface area contributed by atoms with Gasteiger partial charge in [0.05, 0.1) is 16.8 Å². The van der Waals surface area contributed by atoms with E-state index >= 15 is 0 Å². The van der Waals surface area contributed by atoms with E-state index in [1.165, 1.54) is 6.07 Å². The molecule has 6 heterocycles. The molecule has 0 radical (unpaired) electrons. The fourth-order valence-corrected chi connectivity index (χ4v) is 5.85. The van der Waals surface area contributed by atoms with Crippen LogP contribution in [0.1, 0.15) is 29.6 Å². The van der Waals surface area contributed by atoms with Crippen molar-refractivity contribution in [2.45, 2.75) is 31.8 Å². The normalized spacial score (nSPS) is 19.7. The first-order chi connectivity index (χ1) is 19.9. The van der Waals surface area contributed by atoms with Crippen molar-refractivity contribution in [2.75, 3.05) is 37.2 Å². The number of nitrogens with one attached hydrogen (secondary N) is 2. The van der Waals surface area contributed by atoms with Crippen LogP contribution in [0.4, 0.5) is 17.3 Å². The minimum atomic E-state index is -0.550. The van der Waals surface area contributed by atoms with E-state index in [9.17, 15) is 14.9 Å². The fraction of sp³-hybridized carbons (Fsp3) is 0.345. The summed E-state index contributed by atoms with van der Waals surface area (Å²) in [5, 5.41) is 17.5. The Morgan fingerprint density at radius 2 is 1.93 bits per heavy atom. The summed E-state index contributed by atoms with van der Waals surface area (Å²) in [6.07, 6.45) is 12.4. The van der Waals surface area contributed by atoms with Gasteiger partial charge in [0.15, 0.2) is 0 Å². The molecule has 41 heavy (non-hydrogen) atoms. The summed E-state index contributed by atoms with van der Waals surface area (Å²) in [6.45, 7) is 4.41. The van der Waals surface area contributed by atoms with Crippen molar-refractivity contribution >= 4 is 23.2 Å². The molecular weight excluding hydrogens is 522 g/mol. The van der Waals surface area contributed by atoms with Crippen molar-refractivity contribution in [3.05, 3.63) is 83.2 Å². The van der Waals surface area contributed by atoms with Crippen LogP contribution in [0.15, 0.2) is 67.5 Å². The van der Waals surface area contributed by atoms with Crippen LogP contribution in [0, 0.1) is 16.0 Å². The minimum Gasteiger partial charge on any atom is -0.378 e. The number of aryl methyl sites for hydroxylation is 1. The lowest BCUT2D eigenvalue weighted by Gasteiger charge is -2.44. The molecule has 3 aliphatic rings. The number of piperidine rings is 3. The summed E-state index contributed by atoms with van der Waals surface area (Å²) >= 11 is 0. The number of nitrogens with two attached hydrogens (primary N) is 1. The van der Waals surface area contributed by atoms with Gasteiger partial charge in [-0.1, -0.05) is 12.1 Å². The van der Waals surface area contributed by atoms with Gasteiger partial charge in [-0.15, -0.1) is 0 Å². The maximum absolute atomic E-state index is 13.6. The van der Waals surface area contributed by atoms with Crippen LogP contribution >= 0.6 is 0 Å². The van der Waals surface area contributed by atoms with Gasteiger partial charge < -0.3 is 30.4 Å². The highest BCUT2D eigenvalue weighted by Gasteiger charge is 2.35. The van der Waals surface area contributed by atoms with Crippen molar-refractivity contribution in [1.29, 1.82) is 0 Å². The van der Waals surface area contributed by atoms with E-state index in [-0.39, 0.29) is 23.5 Å². The molecule has 212 valence electrons. The summed E-state index contributed by atoms with van der Waals surface area (Å²) in [5.74, 6) is 0.863. The van der Waals surface area contributed by atoms with Crippen LogP contribution < -0.4 is 16.4 Å². The second-order valence-corrected chi connectivity index (χ2v) is 10.7. The van der Waals surface area contributed by atoms with Crippen LogP contribution in [-0.2, 0) is 6.54 Å². The number of carbonyl (C=O) groups is 1. The van der Waals surface area contributed by atoms with Crippen molar-refractivity contribution in [1.82, 2.24) is 29.3 Å². The molecule has 3 aliphatic heterocycles. The van der Waals surface area contributed by atoms with Gasteiger partial charge in [-0.05, 0) is 62.0 Å². The second-order valence-electron chi connectivity index (χ2n) is 10.7. The molecule has 12 nitrogen and oxygen atoms in total. The van der Waals surface area contributed by atoms with Crippen LogP contribution in [0.25, 0.3) is 16.8 Å². The number of hydrogen-bond donors (Lipinski definition) is 3. The van der Waals surface area contributed by atoms with Crippen LogP contribution in [-0.4, -0.2) is 67.1 Å². The summed E-state index contributed by atoms with van der Waals surface area (Å²) < 4.78 is 3.99. The standard InChI is InChI=1S/C29H33N9O3/c30-28-26(38(40)41)6-7-27(34-28)32-10-1-12-36-16-23(20-2-4-22(5-3-20)37-15-11-31-19-37)24(17-36)29(39)33-25-18-35-13-8-21(25)9-14-35/h2-7,11,15-17,19,21,25H,1,8-10,12-14,18H2,(H,33,39)(H3,30,32,34)/t25-/m1/s1. The van der Waals surface area contributed by atoms with Crippen LogP contribution in [0.2, 0.25) is 0 Å². The number of nitrogens with zero attached hydrogens (tertiary/aromatic N) is 6. The number of amides is 1. The number of anilines is 2. The Morgan fingerprint density at radius 1 is 1.12 bits per heavy atom. The van der Waals surface area contributed by atoms with E-state index in [2.05, 4.69) is 25.5 Å². The zero-order valence-electron chi connectivity index (χ0n) is 22.6. The molecule has 3 saturated heterocycles. The molecule has 7 rings (SSSR count). The largest absolute Gasteiger partial charge is 0.378 e. The van der Waals surface area contributed by atoms with E-state index in [0.29, 0.717) is 30.4 Å². The topological polar surface area (TPSA) is 149 Å². The Labute approximate surface area is 237 Å². The lowest BCUT2D eigenvalue weighted by molar-refractivity contribution is -0.384. The number of carbonyl (C=O) groups excluding carboxylic acids is 1. The monoisotopic (exact) mass is 555 g/mol. The Bertz CT molecular complexity index is 1520. The Morgan fingerprint density at radius 3 is 2.59 bits per heavy atom. The first kappa shape index (κ1) is 26.5. The molecule has 1 amide bonds. The van der Waals surface area contributed by atoms with Crippen molar-refractivity contribution in [3.63, 3.8) is 0 Å². The predicted molar refractivity (Wildman–Crippen MR) is 156 cm³/mol. The van der Waals surface area contributed by atoms with Crippen LogP contribution in [0.5, 0.6) is 0 Å². The average Bonchev–Trinajstić information content (AvgIpc) is 3.67. The number of aromatic nitrogens is 4. The molecule has 3 fully saturated rings. The number of rotatable bonds is 10. The molecule has 0 aliphatic carbocycles. The zero-order valence-corrected chi connectivity index (χ0v) is 22.6. The van der Waals surface area contributed by atoms with Gasteiger partial charge in [0.25, 0.3) is 5.91 Å². The molecule has 12 heteroatoms. The summed E-state index contributed by atoms with van der Waals surface area (Å²) in [5.41, 5.74) is 9.00. The molecule has 0 spiro atoms. The van der Waals surface area contributed by atoms with Gasteiger partial charge in [0, 0.05) is 67.8 Å². The molecular formula is C29H33N9O3. The third-order valence-electron chi connectivity index (χ3n) is 8.08. The van der Waals surface area contributed by atoms with E-state index in [1.807, 2.05) is 52.0 Å². The van der Waals surface area contributed by atoms with Gasteiger partial charge in [-0.25, -0.2) is 9.97 Å². The highest BCUT2D eigenvalue weighted by molar-refractivity contribution is 6.01. The number of nitrogen functional groups attached to an aromatic ring is 1. The highest BCUT2D eigenvalue weighted by Crippen LogP contribution is 2.30. The van der Waals surface area contributed by atoms with E-state index in [1.54, 1.807) is 18.6 Å². The van der Waals surface area contributed by atoms with E-state index < -0.39 is 4.92 Å². The third-order valence-corrected chi connectivity index (χ3v) is 8.08. The van der Waals surface area contributed by atoms with E-state index in [4.69, 9.17) is 5.73 Å². The minimum absolute atomic E-state index is 0.0418. The molecule has 1 atom stereocenters. The number of fused-ring (bicyclic) bond motifs is 3. The SMILES string of the molecule is Nc1nc(NCCCn2cc(C(=O)N[C@@H]3CN4CCC3CC4)c(-c3ccc(-n4ccnc4)cc3)c2)ccc1[N+](=O)[O-]. The van der Waals surface area contributed by atoms with Crippen LogP contribution in [0.3, 0.4) is 0 Å². The van der Waals surface area contributed by atoms with Gasteiger partial charge in [0.1, 0.15) is 5.82 Å². The van der Waals surface area contributed by atoms with Gasteiger partial charge >= 0.3 is 5.69 Å². The van der Waals surface area contributed by atoms with Crippen molar-refractivity contribution in [2.24, 2.45) is 5.92 Å². The fourth-order valence-electron chi connectivity index (χ4n) is 5.85. The van der Waals surface area contributed by atoms with Gasteiger partial charge in [-0.2, -0.15) is 0 Å². The zero-order chi connectivity index (χ0) is 28.3. The number of imidazole rings is 1. The molecule has 0 saturated carbocycles. The molecule has 4 N–H and O–H groups in total. The maximum atomic E-state index is 13.6. The smallest absolute Gasteiger partial charge is 0.311 e. The Hall–Kier alpha value is -4.71. The van der Waals surface area contributed by atoms with E-state index in [0.717, 1.165) is 55.7 Å². The van der Waals surface area contributed by atoms with Crippen molar-refractivity contribution < 1.29 is 9.72 Å². The number of nitro groups is 1. The first-order valence-corrected chi connectivity index (χ1v) is 13.9. The second kappa shape index (κ2) is 11.4. The van der Waals surface area contributed by atoms with Gasteiger partial charge in [-0.3, -0.25) is 14.9 Å². The molecule has 0 unspecified atom stereocenters. The Balaban J connectivity index is 1.17. The highest BCUT2D eigenvalue weighted by atomic mass is 16.6. The number of pyridine rings is 1. The number of hydrogen-bond acceptors (Lipinski definition) is 8. The maximum Gasteiger partial charge on any atom is 0.311 e. The quantitative estimate of drug-likeness (QED) is 0.153. The lowest BCUT2D eigenvalue weighted by atomic mass is 9.84. The first-order valence-electron chi connectivity index (χ1n) is 13.9. The summed E-state index contributed by atoms with van der Waals surface area (Å²) in [7, 11) is 0. The summed E-state index contributed by atoms with van der Waals surface area (Å²) in [4.78, 5) is 34.7. The summed E-state index contributed by atoms with van der Waals surface area (Å²) in [6, 6.07) is 11.2. The average molecular weight is 556 g/mol. The lowest BCUT2D eigenvalue weighted by Crippen LogP contribution is -2.57. The molecule has 1 aromatic carbocycles. The molecule has 2 bridgehead atoms. The molecule has 4 aromatic rings. The number of benzene rings is 1.